The topological polar surface area (TPSA) is 76.4 Å². The van der Waals surface area contributed by atoms with Crippen LogP contribution in [0.1, 0.15) is 40.7 Å². The number of benzene rings is 1. The summed E-state index contributed by atoms with van der Waals surface area (Å²) in [6.07, 6.45) is 1.84. The molecule has 0 spiro atoms. The van der Waals surface area contributed by atoms with E-state index in [9.17, 15) is 0 Å². The Kier molecular flexibility index (Phi) is 9.49. The van der Waals surface area contributed by atoms with E-state index in [2.05, 4.69) is 52.8 Å². The second-order valence-electron chi connectivity index (χ2n) is 7.56. The van der Waals surface area contributed by atoms with Crippen LogP contribution in [0.3, 0.4) is 0 Å². The van der Waals surface area contributed by atoms with E-state index in [4.69, 9.17) is 9.73 Å². The molecule has 2 heterocycles. The molecule has 172 valence electrons. The van der Waals surface area contributed by atoms with Gasteiger partial charge in [0.25, 0.3) is 0 Å². The normalized spacial score (nSPS) is 11.1. The lowest BCUT2D eigenvalue weighted by Gasteiger charge is -2.15. The Balaban J connectivity index is 0.00000363. The van der Waals surface area contributed by atoms with Gasteiger partial charge in [-0.05, 0) is 52.3 Å². The van der Waals surface area contributed by atoms with Gasteiger partial charge < -0.3 is 15.4 Å². The lowest BCUT2D eigenvalue weighted by atomic mass is 10.1. The van der Waals surface area contributed by atoms with Crippen molar-refractivity contribution < 1.29 is 4.74 Å². The fraction of sp³-hybridized carbons (Fsp3) is 0.375. The van der Waals surface area contributed by atoms with Crippen LogP contribution in [0.15, 0.2) is 41.5 Å². The summed E-state index contributed by atoms with van der Waals surface area (Å²) in [7, 11) is 1.69. The molecule has 0 unspecified atom stereocenters. The van der Waals surface area contributed by atoms with Crippen molar-refractivity contribution in [2.45, 2.75) is 47.7 Å². The first kappa shape index (κ1) is 25.6. The molecule has 0 radical (unpaired) electrons. The summed E-state index contributed by atoms with van der Waals surface area (Å²) in [4.78, 5) is 9.37. The van der Waals surface area contributed by atoms with E-state index in [1.165, 1.54) is 0 Å². The number of methoxy groups -OCH3 is 1. The van der Waals surface area contributed by atoms with Crippen LogP contribution in [0.25, 0.3) is 5.69 Å². The molecule has 1 aromatic carbocycles. The number of guanidine groups is 1. The first-order valence-corrected chi connectivity index (χ1v) is 10.6. The van der Waals surface area contributed by atoms with Crippen LogP contribution in [0.4, 0.5) is 0 Å². The highest BCUT2D eigenvalue weighted by Gasteiger charge is 2.11. The highest BCUT2D eigenvalue weighted by Crippen LogP contribution is 2.23. The molecule has 2 aromatic heterocycles. The van der Waals surface area contributed by atoms with Crippen molar-refractivity contribution in [2.24, 2.45) is 4.99 Å². The number of pyridine rings is 1. The van der Waals surface area contributed by atoms with E-state index in [-0.39, 0.29) is 24.0 Å². The highest BCUT2D eigenvalue weighted by molar-refractivity contribution is 14.0. The average molecular weight is 548 g/mol. The molecule has 2 N–H and O–H groups in total. The van der Waals surface area contributed by atoms with Gasteiger partial charge in [0.2, 0.25) is 0 Å². The van der Waals surface area contributed by atoms with Crippen LogP contribution >= 0.6 is 24.0 Å². The van der Waals surface area contributed by atoms with E-state index < -0.39 is 0 Å². The molecule has 0 aliphatic carbocycles. The molecule has 0 aliphatic heterocycles. The number of hydrogen-bond donors (Lipinski definition) is 2. The van der Waals surface area contributed by atoms with Crippen molar-refractivity contribution in [2.75, 3.05) is 13.7 Å². The zero-order valence-corrected chi connectivity index (χ0v) is 22.0. The van der Waals surface area contributed by atoms with Gasteiger partial charge in [-0.25, -0.2) is 9.67 Å². The summed E-state index contributed by atoms with van der Waals surface area (Å²) >= 11 is 0. The van der Waals surface area contributed by atoms with E-state index in [0.717, 1.165) is 57.7 Å². The Labute approximate surface area is 207 Å². The molecule has 0 amide bonds. The standard InChI is InChI=1S/C24H32N6O.HI/c1-7-25-24(28-15-21-19(5)23(31-6)16(2)13-26-21)27-14-20-10-8-9-11-22(20)30-18(4)12-17(3)29-30;/h8-13H,7,14-15H2,1-6H3,(H2,25,27,28);1H. The number of hydrogen-bond acceptors (Lipinski definition) is 4. The predicted molar refractivity (Wildman–Crippen MR) is 140 cm³/mol. The molecule has 0 saturated heterocycles. The Hall–Kier alpha value is -2.62. The molecule has 0 fully saturated rings. The summed E-state index contributed by atoms with van der Waals surface area (Å²) in [6, 6.07) is 10.3. The monoisotopic (exact) mass is 548 g/mol. The zero-order chi connectivity index (χ0) is 22.4. The number of aromatic nitrogens is 3. The van der Waals surface area contributed by atoms with Crippen LogP contribution in [-0.2, 0) is 13.1 Å². The Bertz CT molecular complexity index is 1080. The van der Waals surface area contributed by atoms with Crippen molar-refractivity contribution in [3.63, 3.8) is 0 Å². The molecule has 32 heavy (non-hydrogen) atoms. The fourth-order valence-electron chi connectivity index (χ4n) is 3.65. The van der Waals surface area contributed by atoms with Gasteiger partial charge in [0.1, 0.15) is 5.75 Å². The van der Waals surface area contributed by atoms with Gasteiger partial charge in [-0.15, -0.1) is 24.0 Å². The zero-order valence-electron chi connectivity index (χ0n) is 19.7. The van der Waals surface area contributed by atoms with Gasteiger partial charge in [-0.2, -0.15) is 5.10 Å². The van der Waals surface area contributed by atoms with Crippen molar-refractivity contribution in [3.05, 3.63) is 70.3 Å². The molecular weight excluding hydrogens is 515 g/mol. The van der Waals surface area contributed by atoms with Crippen LogP contribution < -0.4 is 15.4 Å². The SMILES string of the molecule is CCNC(=NCc1ccccc1-n1nc(C)cc1C)NCc1ncc(C)c(OC)c1C.I. The number of nitrogens with one attached hydrogen (secondary N) is 2. The maximum atomic E-state index is 5.52. The second kappa shape index (κ2) is 11.8. The fourth-order valence-corrected chi connectivity index (χ4v) is 3.65. The van der Waals surface area contributed by atoms with E-state index >= 15 is 0 Å². The smallest absolute Gasteiger partial charge is 0.191 e. The number of ether oxygens (including phenoxy) is 1. The van der Waals surface area contributed by atoms with Gasteiger partial charge in [-0.1, -0.05) is 18.2 Å². The summed E-state index contributed by atoms with van der Waals surface area (Å²) in [6.45, 7) is 12.0. The number of aryl methyl sites for hydroxylation is 3. The number of halogens is 1. The van der Waals surface area contributed by atoms with Crippen LogP contribution in [0.5, 0.6) is 5.75 Å². The molecule has 0 aliphatic rings. The minimum atomic E-state index is 0. The van der Waals surface area contributed by atoms with Crippen molar-refractivity contribution in [3.8, 4) is 11.4 Å². The van der Waals surface area contributed by atoms with E-state index in [0.29, 0.717) is 13.1 Å². The minimum Gasteiger partial charge on any atom is -0.496 e. The Morgan fingerprint density at radius 1 is 1.12 bits per heavy atom. The predicted octanol–water partition coefficient (Wildman–Crippen LogP) is 4.38. The van der Waals surface area contributed by atoms with Gasteiger partial charge >= 0.3 is 0 Å². The molecule has 8 heteroatoms. The third-order valence-corrected chi connectivity index (χ3v) is 5.15. The lowest BCUT2D eigenvalue weighted by Crippen LogP contribution is -2.37. The molecule has 0 saturated carbocycles. The second-order valence-corrected chi connectivity index (χ2v) is 7.56. The first-order valence-electron chi connectivity index (χ1n) is 10.6. The summed E-state index contributed by atoms with van der Waals surface area (Å²) in [5.74, 6) is 1.62. The minimum absolute atomic E-state index is 0. The maximum absolute atomic E-state index is 5.52. The third-order valence-electron chi connectivity index (χ3n) is 5.15. The lowest BCUT2D eigenvalue weighted by molar-refractivity contribution is 0.406. The average Bonchev–Trinajstić information content (AvgIpc) is 3.09. The van der Waals surface area contributed by atoms with Crippen molar-refractivity contribution in [1.82, 2.24) is 25.4 Å². The Morgan fingerprint density at radius 3 is 2.53 bits per heavy atom. The number of aliphatic imine (C=N–C) groups is 1. The van der Waals surface area contributed by atoms with Gasteiger partial charge in [0.15, 0.2) is 5.96 Å². The largest absolute Gasteiger partial charge is 0.496 e. The number of nitrogens with zero attached hydrogens (tertiary/aromatic N) is 4. The summed E-state index contributed by atoms with van der Waals surface area (Å²) in [5, 5.41) is 11.3. The molecule has 0 bridgehead atoms. The molecule has 3 rings (SSSR count). The third kappa shape index (κ3) is 5.99. The summed E-state index contributed by atoms with van der Waals surface area (Å²) in [5.41, 5.74) is 7.28. The molecule has 7 nitrogen and oxygen atoms in total. The van der Waals surface area contributed by atoms with Crippen LogP contribution in [-0.4, -0.2) is 34.4 Å². The van der Waals surface area contributed by atoms with Gasteiger partial charge in [0.05, 0.1) is 37.3 Å². The van der Waals surface area contributed by atoms with Gasteiger partial charge in [0, 0.05) is 29.6 Å². The van der Waals surface area contributed by atoms with Crippen molar-refractivity contribution >= 4 is 29.9 Å². The maximum Gasteiger partial charge on any atom is 0.191 e. The quantitative estimate of drug-likeness (QED) is 0.261. The summed E-state index contributed by atoms with van der Waals surface area (Å²) < 4.78 is 7.50. The van der Waals surface area contributed by atoms with Crippen LogP contribution in [0, 0.1) is 27.7 Å². The highest BCUT2D eigenvalue weighted by atomic mass is 127. The van der Waals surface area contributed by atoms with Gasteiger partial charge in [-0.3, -0.25) is 4.98 Å². The number of rotatable bonds is 7. The van der Waals surface area contributed by atoms with E-state index in [1.807, 2.05) is 43.8 Å². The number of para-hydroxylation sites is 1. The van der Waals surface area contributed by atoms with Crippen LogP contribution in [0.2, 0.25) is 0 Å². The first-order chi connectivity index (χ1) is 14.9. The van der Waals surface area contributed by atoms with Crippen molar-refractivity contribution in [1.29, 1.82) is 0 Å². The molecular formula is C24H33IN6O. The molecule has 3 aromatic rings. The van der Waals surface area contributed by atoms with E-state index in [1.54, 1.807) is 7.11 Å². The Morgan fingerprint density at radius 2 is 1.88 bits per heavy atom. The molecule has 0 atom stereocenters.